The van der Waals surface area contributed by atoms with Crippen molar-refractivity contribution in [3.8, 4) is 5.69 Å². The molecular formula is C22H23N3O2. The Morgan fingerprint density at radius 2 is 1.52 bits per heavy atom. The number of aromatic nitrogens is 2. The van der Waals surface area contributed by atoms with Crippen molar-refractivity contribution in [2.24, 2.45) is 0 Å². The number of para-hydroxylation sites is 1. The van der Waals surface area contributed by atoms with Crippen LogP contribution in [0.15, 0.2) is 60.7 Å². The lowest BCUT2D eigenvalue weighted by molar-refractivity contribution is -0.127. The van der Waals surface area contributed by atoms with Crippen LogP contribution in [-0.4, -0.2) is 33.4 Å². The number of nitrogens with zero attached hydrogens (tertiary/aromatic N) is 3. The molecular weight excluding hydrogens is 338 g/mol. The minimum Gasteiger partial charge on any atom is -0.332 e. The van der Waals surface area contributed by atoms with E-state index in [0.29, 0.717) is 17.0 Å². The summed E-state index contributed by atoms with van der Waals surface area (Å²) in [6.45, 7) is 5.48. The third kappa shape index (κ3) is 3.53. The first-order chi connectivity index (χ1) is 12.9. The Hall–Kier alpha value is -3.21. The molecule has 0 spiro atoms. The van der Waals surface area contributed by atoms with Crippen LogP contribution in [0.2, 0.25) is 0 Å². The molecule has 3 aromatic rings. The molecule has 3 rings (SSSR count). The van der Waals surface area contributed by atoms with Gasteiger partial charge in [-0.2, -0.15) is 5.10 Å². The van der Waals surface area contributed by atoms with E-state index in [4.69, 9.17) is 0 Å². The van der Waals surface area contributed by atoms with Crippen molar-refractivity contribution < 1.29 is 9.59 Å². The summed E-state index contributed by atoms with van der Waals surface area (Å²) in [7, 11) is 1.66. The van der Waals surface area contributed by atoms with Gasteiger partial charge in [0.05, 0.1) is 28.7 Å². The van der Waals surface area contributed by atoms with Crippen molar-refractivity contribution in [3.05, 3.63) is 83.2 Å². The van der Waals surface area contributed by atoms with E-state index >= 15 is 0 Å². The second-order valence-corrected chi connectivity index (χ2v) is 6.63. The highest BCUT2D eigenvalue weighted by Crippen LogP contribution is 2.22. The smallest absolute Gasteiger partial charge is 0.295 e. The number of ketones is 1. The molecule has 1 aromatic heterocycles. The fourth-order valence-corrected chi connectivity index (χ4v) is 3.19. The summed E-state index contributed by atoms with van der Waals surface area (Å²) in [4.78, 5) is 27.3. The first kappa shape index (κ1) is 18.6. The maximum absolute atomic E-state index is 13.0. The number of hydrogen-bond donors (Lipinski definition) is 0. The maximum Gasteiger partial charge on any atom is 0.295 e. The molecule has 0 aliphatic rings. The second-order valence-electron chi connectivity index (χ2n) is 6.63. The average molecular weight is 361 g/mol. The van der Waals surface area contributed by atoms with Crippen LogP contribution < -0.4 is 0 Å². The number of aryl methyl sites for hydroxylation is 1. The zero-order valence-electron chi connectivity index (χ0n) is 16.0. The average Bonchev–Trinajstić information content (AvgIpc) is 3.01. The van der Waals surface area contributed by atoms with Crippen LogP contribution in [0.4, 0.5) is 0 Å². The molecule has 0 bridgehead atoms. The molecule has 0 fully saturated rings. The van der Waals surface area contributed by atoms with E-state index < -0.39 is 11.7 Å². The van der Waals surface area contributed by atoms with Gasteiger partial charge in [-0.1, -0.05) is 48.5 Å². The quantitative estimate of drug-likeness (QED) is 0.512. The number of carbonyl (C=O) groups excluding carboxylic acids is 2. The number of benzene rings is 2. The van der Waals surface area contributed by atoms with Gasteiger partial charge < -0.3 is 4.90 Å². The minimum absolute atomic E-state index is 0.201. The SMILES string of the molecule is Cc1nn(-c2ccccc2)c(C)c1C(=O)C(=O)N(C)[C@@H](C)c1ccccc1. The highest BCUT2D eigenvalue weighted by atomic mass is 16.2. The number of hydrogen-bond acceptors (Lipinski definition) is 3. The van der Waals surface area contributed by atoms with Crippen LogP contribution >= 0.6 is 0 Å². The van der Waals surface area contributed by atoms with E-state index in [-0.39, 0.29) is 6.04 Å². The molecule has 0 saturated carbocycles. The third-order valence-electron chi connectivity index (χ3n) is 4.90. The topological polar surface area (TPSA) is 55.2 Å². The van der Waals surface area contributed by atoms with Crippen LogP contribution in [0.1, 0.15) is 40.3 Å². The van der Waals surface area contributed by atoms with E-state index in [9.17, 15) is 9.59 Å². The molecule has 2 aromatic carbocycles. The van der Waals surface area contributed by atoms with Gasteiger partial charge in [0.25, 0.3) is 11.7 Å². The molecule has 0 N–H and O–H groups in total. The van der Waals surface area contributed by atoms with E-state index in [2.05, 4.69) is 5.10 Å². The van der Waals surface area contributed by atoms with Crippen LogP contribution in [0.5, 0.6) is 0 Å². The standard InChI is InChI=1S/C22H23N3O2/c1-15-20(17(3)25(23-15)19-13-9-6-10-14-19)21(26)22(27)24(4)16(2)18-11-7-5-8-12-18/h5-14,16H,1-4H3/t16-/m0/s1. The van der Waals surface area contributed by atoms with Crippen molar-refractivity contribution in [1.29, 1.82) is 0 Å². The third-order valence-corrected chi connectivity index (χ3v) is 4.90. The largest absolute Gasteiger partial charge is 0.332 e. The van der Waals surface area contributed by atoms with Gasteiger partial charge in [0, 0.05) is 7.05 Å². The molecule has 5 nitrogen and oxygen atoms in total. The van der Waals surface area contributed by atoms with E-state index in [1.165, 1.54) is 4.90 Å². The van der Waals surface area contributed by atoms with Gasteiger partial charge in [-0.05, 0) is 38.5 Å². The fraction of sp³-hybridized carbons (Fsp3) is 0.227. The number of rotatable bonds is 5. The van der Waals surface area contributed by atoms with Gasteiger partial charge in [0.2, 0.25) is 0 Å². The zero-order chi connectivity index (χ0) is 19.6. The number of likely N-dealkylation sites (N-methyl/N-ethyl adjacent to an activating group) is 1. The normalized spacial score (nSPS) is 11.9. The van der Waals surface area contributed by atoms with Crippen LogP contribution in [0.3, 0.4) is 0 Å². The summed E-state index contributed by atoms with van der Waals surface area (Å²) in [6, 6.07) is 19.0. The van der Waals surface area contributed by atoms with Crippen molar-refractivity contribution in [1.82, 2.24) is 14.7 Å². The lowest BCUT2D eigenvalue weighted by Crippen LogP contribution is -2.35. The molecule has 0 aliphatic carbocycles. The molecule has 5 heteroatoms. The highest BCUT2D eigenvalue weighted by molar-refractivity contribution is 6.43. The second kappa shape index (κ2) is 7.58. The van der Waals surface area contributed by atoms with E-state index in [1.807, 2.05) is 74.5 Å². The van der Waals surface area contributed by atoms with Gasteiger partial charge in [0.1, 0.15) is 0 Å². The van der Waals surface area contributed by atoms with Crippen molar-refractivity contribution in [2.45, 2.75) is 26.8 Å². The van der Waals surface area contributed by atoms with Crippen molar-refractivity contribution >= 4 is 11.7 Å². The lowest BCUT2D eigenvalue weighted by Gasteiger charge is -2.24. The number of carbonyl (C=O) groups is 2. The fourth-order valence-electron chi connectivity index (χ4n) is 3.19. The Balaban J connectivity index is 1.90. The van der Waals surface area contributed by atoms with Gasteiger partial charge in [0.15, 0.2) is 0 Å². The van der Waals surface area contributed by atoms with Gasteiger partial charge >= 0.3 is 0 Å². The molecule has 1 amide bonds. The van der Waals surface area contributed by atoms with E-state index in [1.54, 1.807) is 18.7 Å². The van der Waals surface area contributed by atoms with Crippen LogP contribution in [0.25, 0.3) is 5.69 Å². The summed E-state index contributed by atoms with van der Waals surface area (Å²) in [5.74, 6) is -1.07. The van der Waals surface area contributed by atoms with Crippen LogP contribution in [-0.2, 0) is 4.79 Å². The minimum atomic E-state index is -0.537. The Kier molecular flexibility index (Phi) is 5.21. The summed E-state index contributed by atoms with van der Waals surface area (Å²) in [6.07, 6.45) is 0. The molecule has 0 aliphatic heterocycles. The molecule has 138 valence electrons. The van der Waals surface area contributed by atoms with Gasteiger partial charge in [-0.25, -0.2) is 4.68 Å². The maximum atomic E-state index is 13.0. The number of Topliss-reactive ketones (excluding diaryl/α,β-unsaturated/α-hetero) is 1. The predicted molar refractivity (Wildman–Crippen MR) is 105 cm³/mol. The van der Waals surface area contributed by atoms with Gasteiger partial charge in [-0.3, -0.25) is 9.59 Å². The molecule has 0 unspecified atom stereocenters. The van der Waals surface area contributed by atoms with Gasteiger partial charge in [-0.15, -0.1) is 0 Å². The molecule has 27 heavy (non-hydrogen) atoms. The molecule has 1 atom stereocenters. The first-order valence-corrected chi connectivity index (χ1v) is 8.90. The Labute approximate surface area is 159 Å². The van der Waals surface area contributed by atoms with Crippen molar-refractivity contribution in [3.63, 3.8) is 0 Å². The highest BCUT2D eigenvalue weighted by Gasteiger charge is 2.29. The molecule has 0 saturated heterocycles. The Morgan fingerprint density at radius 1 is 0.963 bits per heavy atom. The van der Waals surface area contributed by atoms with E-state index in [0.717, 1.165) is 11.3 Å². The van der Waals surface area contributed by atoms with Crippen molar-refractivity contribution in [2.75, 3.05) is 7.05 Å². The summed E-state index contributed by atoms with van der Waals surface area (Å²) < 4.78 is 1.70. The Bertz CT molecular complexity index is 962. The Morgan fingerprint density at radius 3 is 2.11 bits per heavy atom. The predicted octanol–water partition coefficient (Wildman–Crippen LogP) is 3.89. The van der Waals surface area contributed by atoms with Crippen LogP contribution in [0, 0.1) is 13.8 Å². The number of amides is 1. The summed E-state index contributed by atoms with van der Waals surface area (Å²) >= 11 is 0. The monoisotopic (exact) mass is 361 g/mol. The first-order valence-electron chi connectivity index (χ1n) is 8.90. The zero-order valence-corrected chi connectivity index (χ0v) is 16.0. The molecule has 0 radical (unpaired) electrons. The lowest BCUT2D eigenvalue weighted by atomic mass is 10.0. The summed E-state index contributed by atoms with van der Waals surface area (Å²) in [5, 5.41) is 4.47. The summed E-state index contributed by atoms with van der Waals surface area (Å²) in [5.41, 5.74) is 3.43. The molecule has 1 heterocycles.